The van der Waals surface area contributed by atoms with Crippen LogP contribution in [0.5, 0.6) is 5.75 Å². The van der Waals surface area contributed by atoms with Crippen molar-refractivity contribution in [3.8, 4) is 5.75 Å². The molecule has 2 aromatic rings. The van der Waals surface area contributed by atoms with Crippen molar-refractivity contribution in [3.63, 3.8) is 0 Å². The van der Waals surface area contributed by atoms with Gasteiger partial charge in [-0.05, 0) is 55.3 Å². The molecule has 0 bridgehead atoms. The fourth-order valence-corrected chi connectivity index (χ4v) is 5.00. The molecule has 7 nitrogen and oxygen atoms in total. The summed E-state index contributed by atoms with van der Waals surface area (Å²) in [5, 5.41) is 3.09. The van der Waals surface area contributed by atoms with Crippen LogP contribution in [0.4, 0.5) is 5.69 Å². The second kappa shape index (κ2) is 10.7. The predicted molar refractivity (Wildman–Crippen MR) is 127 cm³/mol. The van der Waals surface area contributed by atoms with E-state index in [1.54, 1.807) is 7.11 Å². The molecule has 32 heavy (non-hydrogen) atoms. The number of anilines is 1. The molecule has 2 aromatic carbocycles. The summed E-state index contributed by atoms with van der Waals surface area (Å²) in [5.41, 5.74) is 1.44. The quantitative estimate of drug-likeness (QED) is 0.645. The van der Waals surface area contributed by atoms with Crippen molar-refractivity contribution in [2.75, 3.05) is 39.6 Å². The van der Waals surface area contributed by atoms with E-state index >= 15 is 0 Å². The van der Waals surface area contributed by atoms with E-state index < -0.39 is 10.0 Å². The van der Waals surface area contributed by atoms with E-state index in [1.165, 1.54) is 32.3 Å². The molecular formula is C23H30ClN3O4S. The molecule has 1 atom stereocenters. The Hall–Kier alpha value is -2.13. The van der Waals surface area contributed by atoms with Gasteiger partial charge in [-0.25, -0.2) is 12.7 Å². The molecule has 0 spiro atoms. The standard InChI is InChI=1S/C23H30ClN3O4S/c1-26(2)32(29,30)19-12-13-20(24)21(15-19)25-23(28)16-27-14-6-4-5-7-22(27)17-8-10-18(31-3)11-9-17/h8-13,15,22H,4-7,14,16H2,1-3H3,(H,25,28). The summed E-state index contributed by atoms with van der Waals surface area (Å²) in [4.78, 5) is 15.2. The van der Waals surface area contributed by atoms with Gasteiger partial charge in [0, 0.05) is 20.1 Å². The number of ether oxygens (including phenoxy) is 1. The van der Waals surface area contributed by atoms with Crippen LogP contribution in [0, 0.1) is 0 Å². The number of hydrogen-bond acceptors (Lipinski definition) is 5. The number of benzene rings is 2. The summed E-state index contributed by atoms with van der Waals surface area (Å²) < 4.78 is 31.3. The Morgan fingerprint density at radius 3 is 2.53 bits per heavy atom. The van der Waals surface area contributed by atoms with Gasteiger partial charge in [0.1, 0.15) is 5.75 Å². The van der Waals surface area contributed by atoms with Gasteiger partial charge in [0.05, 0.1) is 29.3 Å². The van der Waals surface area contributed by atoms with Crippen molar-refractivity contribution in [3.05, 3.63) is 53.1 Å². The molecular weight excluding hydrogens is 450 g/mol. The van der Waals surface area contributed by atoms with Gasteiger partial charge in [-0.15, -0.1) is 0 Å². The number of amides is 1. The monoisotopic (exact) mass is 479 g/mol. The number of likely N-dealkylation sites (tertiary alicyclic amines) is 1. The summed E-state index contributed by atoms with van der Waals surface area (Å²) >= 11 is 6.24. The SMILES string of the molecule is COc1ccc(C2CCCCCN2CC(=O)Nc2cc(S(=O)(=O)N(C)C)ccc2Cl)cc1. The number of halogens is 1. The highest BCUT2D eigenvalue weighted by Gasteiger charge is 2.25. The third kappa shape index (κ3) is 5.81. The zero-order valence-electron chi connectivity index (χ0n) is 18.7. The van der Waals surface area contributed by atoms with Gasteiger partial charge in [0.25, 0.3) is 0 Å². The predicted octanol–water partition coefficient (Wildman–Crippen LogP) is 4.15. The molecule has 1 amide bonds. The maximum Gasteiger partial charge on any atom is 0.242 e. The Morgan fingerprint density at radius 2 is 1.88 bits per heavy atom. The van der Waals surface area contributed by atoms with Crippen LogP contribution >= 0.6 is 11.6 Å². The number of rotatable bonds is 7. The van der Waals surface area contributed by atoms with Gasteiger partial charge in [0.2, 0.25) is 15.9 Å². The molecule has 9 heteroatoms. The average Bonchev–Trinajstić information content (AvgIpc) is 3.00. The van der Waals surface area contributed by atoms with Gasteiger partial charge < -0.3 is 10.1 Å². The third-order valence-electron chi connectivity index (χ3n) is 5.70. The van der Waals surface area contributed by atoms with Crippen LogP contribution in [-0.2, 0) is 14.8 Å². The van der Waals surface area contributed by atoms with Crippen LogP contribution in [0.25, 0.3) is 0 Å². The average molecular weight is 480 g/mol. The lowest BCUT2D eigenvalue weighted by Crippen LogP contribution is -2.36. The van der Waals surface area contributed by atoms with E-state index in [-0.39, 0.29) is 29.1 Å². The lowest BCUT2D eigenvalue weighted by molar-refractivity contribution is -0.117. The lowest BCUT2D eigenvalue weighted by atomic mass is 10.0. The van der Waals surface area contributed by atoms with Crippen LogP contribution in [0.15, 0.2) is 47.4 Å². The Balaban J connectivity index is 1.77. The van der Waals surface area contributed by atoms with Crippen molar-refractivity contribution >= 4 is 33.2 Å². The first-order chi connectivity index (χ1) is 15.2. The van der Waals surface area contributed by atoms with Crippen molar-refractivity contribution in [1.82, 2.24) is 9.21 Å². The van der Waals surface area contributed by atoms with E-state index in [4.69, 9.17) is 16.3 Å². The van der Waals surface area contributed by atoms with Gasteiger partial charge in [-0.1, -0.05) is 36.6 Å². The van der Waals surface area contributed by atoms with Crippen LogP contribution in [-0.4, -0.2) is 57.8 Å². The van der Waals surface area contributed by atoms with Crippen LogP contribution in [0.3, 0.4) is 0 Å². The van der Waals surface area contributed by atoms with Crippen LogP contribution in [0.1, 0.15) is 37.3 Å². The van der Waals surface area contributed by atoms with Gasteiger partial charge >= 0.3 is 0 Å². The number of carbonyl (C=O) groups excluding carboxylic acids is 1. The zero-order chi connectivity index (χ0) is 23.3. The summed E-state index contributed by atoms with van der Waals surface area (Å²) in [6.45, 7) is 1.00. The smallest absolute Gasteiger partial charge is 0.242 e. The maximum atomic E-state index is 12.9. The summed E-state index contributed by atoms with van der Waals surface area (Å²) in [6, 6.07) is 12.4. The number of carbonyl (C=O) groups is 1. The van der Waals surface area contributed by atoms with Crippen molar-refractivity contribution in [2.24, 2.45) is 0 Å². The molecule has 174 valence electrons. The van der Waals surface area contributed by atoms with Gasteiger partial charge in [-0.3, -0.25) is 9.69 Å². The van der Waals surface area contributed by atoms with Crippen molar-refractivity contribution < 1.29 is 17.9 Å². The molecule has 3 rings (SSSR count). The first kappa shape index (κ1) is 24.5. The summed E-state index contributed by atoms with van der Waals surface area (Å²) in [6.07, 6.45) is 4.22. The second-order valence-corrected chi connectivity index (χ2v) is 10.6. The Kier molecular flexibility index (Phi) is 8.16. The molecule has 1 aliphatic rings. The van der Waals surface area contributed by atoms with Crippen molar-refractivity contribution in [2.45, 2.75) is 36.6 Å². The molecule has 0 radical (unpaired) electrons. The normalized spacial score (nSPS) is 17.7. The molecule has 1 unspecified atom stereocenters. The highest BCUT2D eigenvalue weighted by atomic mass is 35.5. The number of hydrogen-bond donors (Lipinski definition) is 1. The molecule has 0 saturated carbocycles. The van der Waals surface area contributed by atoms with Crippen LogP contribution < -0.4 is 10.1 Å². The minimum atomic E-state index is -3.63. The van der Waals surface area contributed by atoms with E-state index in [2.05, 4.69) is 10.2 Å². The number of nitrogens with zero attached hydrogens (tertiary/aromatic N) is 2. The van der Waals surface area contributed by atoms with E-state index in [9.17, 15) is 13.2 Å². The van der Waals surface area contributed by atoms with E-state index in [0.29, 0.717) is 5.02 Å². The third-order valence-corrected chi connectivity index (χ3v) is 7.84. The lowest BCUT2D eigenvalue weighted by Gasteiger charge is -2.30. The largest absolute Gasteiger partial charge is 0.497 e. The fourth-order valence-electron chi connectivity index (χ4n) is 3.91. The summed E-state index contributed by atoms with van der Waals surface area (Å²) in [7, 11) is 0.927. The topological polar surface area (TPSA) is 79.0 Å². The molecule has 1 N–H and O–H groups in total. The van der Waals surface area contributed by atoms with Crippen LogP contribution in [0.2, 0.25) is 5.02 Å². The van der Waals surface area contributed by atoms with Gasteiger partial charge in [0.15, 0.2) is 0 Å². The zero-order valence-corrected chi connectivity index (χ0v) is 20.2. The minimum Gasteiger partial charge on any atom is -0.497 e. The highest BCUT2D eigenvalue weighted by molar-refractivity contribution is 7.89. The molecule has 1 saturated heterocycles. The fraction of sp³-hybridized carbons (Fsp3) is 0.435. The summed E-state index contributed by atoms with van der Waals surface area (Å²) in [5.74, 6) is 0.570. The van der Waals surface area contributed by atoms with Gasteiger partial charge in [-0.2, -0.15) is 0 Å². The molecule has 0 aliphatic carbocycles. The van der Waals surface area contributed by atoms with E-state index in [0.717, 1.165) is 47.8 Å². The molecule has 1 fully saturated rings. The Morgan fingerprint density at radius 1 is 1.16 bits per heavy atom. The van der Waals surface area contributed by atoms with Crippen molar-refractivity contribution in [1.29, 1.82) is 0 Å². The molecule has 1 aliphatic heterocycles. The minimum absolute atomic E-state index is 0.0769. The Bertz CT molecular complexity index is 1040. The van der Waals surface area contributed by atoms with E-state index in [1.807, 2.05) is 24.3 Å². The maximum absolute atomic E-state index is 12.9. The highest BCUT2D eigenvalue weighted by Crippen LogP contribution is 2.31. The number of nitrogens with one attached hydrogen (secondary N) is 1. The first-order valence-electron chi connectivity index (χ1n) is 10.6. The number of sulfonamides is 1. The number of methoxy groups -OCH3 is 1. The second-order valence-electron chi connectivity index (χ2n) is 8.09. The molecule has 1 heterocycles. The molecule has 0 aromatic heterocycles. The first-order valence-corrected chi connectivity index (χ1v) is 12.4. The Labute approximate surface area is 195 Å².